The minimum Gasteiger partial charge on any atom is -0.478 e. The molecular weight excluding hydrogens is 307 g/mol. The zero-order valence-corrected chi connectivity index (χ0v) is 12.6. The van der Waals surface area contributed by atoms with E-state index in [1.54, 1.807) is 12.1 Å². The number of hydrogen-bond donors (Lipinski definition) is 2. The van der Waals surface area contributed by atoms with E-state index in [0.29, 0.717) is 5.69 Å². The van der Waals surface area contributed by atoms with Crippen molar-refractivity contribution in [2.75, 3.05) is 5.32 Å². The summed E-state index contributed by atoms with van der Waals surface area (Å²) in [6.45, 7) is 3.77. The van der Waals surface area contributed by atoms with Gasteiger partial charge in [0.1, 0.15) is 0 Å². The van der Waals surface area contributed by atoms with Gasteiger partial charge in [0.25, 0.3) is 0 Å². The molecule has 2 N–H and O–H groups in total. The standard InChI is InChI=1S/C17H16F3NO2/c1-10(2)13-7-4-8-14(16(22)23)15(13)21-12-6-3-5-11(9-12)17(18,19)20/h3-10,21H,1-2H3,(H,22,23). The number of carboxylic acid groups (broad SMARTS) is 1. The highest BCUT2D eigenvalue weighted by Crippen LogP contribution is 2.34. The highest BCUT2D eigenvalue weighted by Gasteiger charge is 2.30. The van der Waals surface area contributed by atoms with Gasteiger partial charge in [-0.15, -0.1) is 0 Å². The first kappa shape index (κ1) is 16.9. The van der Waals surface area contributed by atoms with Crippen LogP contribution in [0.2, 0.25) is 0 Å². The zero-order chi connectivity index (χ0) is 17.2. The van der Waals surface area contributed by atoms with Gasteiger partial charge in [0.15, 0.2) is 0 Å². The van der Waals surface area contributed by atoms with Gasteiger partial charge in [0, 0.05) is 5.69 Å². The summed E-state index contributed by atoms with van der Waals surface area (Å²) < 4.78 is 38.4. The van der Waals surface area contributed by atoms with Gasteiger partial charge in [-0.2, -0.15) is 13.2 Å². The van der Waals surface area contributed by atoms with Gasteiger partial charge in [-0.05, 0) is 35.7 Å². The molecule has 2 aromatic carbocycles. The van der Waals surface area contributed by atoms with Crippen molar-refractivity contribution in [1.82, 2.24) is 0 Å². The minimum atomic E-state index is -4.45. The number of benzene rings is 2. The van der Waals surface area contributed by atoms with Crippen molar-refractivity contribution in [1.29, 1.82) is 0 Å². The van der Waals surface area contributed by atoms with Crippen LogP contribution in [0, 0.1) is 0 Å². The van der Waals surface area contributed by atoms with E-state index in [1.807, 2.05) is 13.8 Å². The molecule has 0 unspecified atom stereocenters. The number of halogens is 3. The van der Waals surface area contributed by atoms with Crippen molar-refractivity contribution < 1.29 is 23.1 Å². The second-order valence-corrected chi connectivity index (χ2v) is 5.43. The molecule has 0 atom stereocenters. The Labute approximate surface area is 131 Å². The Hall–Kier alpha value is -2.50. The first-order chi connectivity index (χ1) is 10.7. The normalized spacial score (nSPS) is 11.6. The fraction of sp³-hybridized carbons (Fsp3) is 0.235. The van der Waals surface area contributed by atoms with Crippen LogP contribution >= 0.6 is 0 Å². The van der Waals surface area contributed by atoms with E-state index in [2.05, 4.69) is 5.32 Å². The van der Waals surface area contributed by atoms with E-state index >= 15 is 0 Å². The summed E-state index contributed by atoms with van der Waals surface area (Å²) in [6.07, 6.45) is -4.45. The second kappa shape index (κ2) is 6.32. The van der Waals surface area contributed by atoms with Crippen LogP contribution in [0.4, 0.5) is 24.5 Å². The highest BCUT2D eigenvalue weighted by atomic mass is 19.4. The van der Waals surface area contributed by atoms with Crippen LogP contribution in [-0.2, 0) is 6.18 Å². The number of alkyl halides is 3. The predicted molar refractivity (Wildman–Crippen MR) is 82.2 cm³/mol. The fourth-order valence-electron chi connectivity index (χ4n) is 2.29. The Morgan fingerprint density at radius 2 is 1.78 bits per heavy atom. The van der Waals surface area contributed by atoms with Crippen LogP contribution < -0.4 is 5.32 Å². The Balaban J connectivity index is 2.49. The molecule has 0 aromatic heterocycles. The summed E-state index contributed by atoms with van der Waals surface area (Å²) in [7, 11) is 0. The second-order valence-electron chi connectivity index (χ2n) is 5.43. The Kier molecular flexibility index (Phi) is 4.63. The largest absolute Gasteiger partial charge is 0.478 e. The number of carboxylic acids is 1. The third kappa shape index (κ3) is 3.83. The van der Waals surface area contributed by atoms with Crippen LogP contribution in [-0.4, -0.2) is 11.1 Å². The smallest absolute Gasteiger partial charge is 0.416 e. The zero-order valence-electron chi connectivity index (χ0n) is 12.6. The SMILES string of the molecule is CC(C)c1cccc(C(=O)O)c1Nc1cccc(C(F)(F)F)c1. The van der Waals surface area contributed by atoms with Gasteiger partial charge < -0.3 is 10.4 Å². The average molecular weight is 323 g/mol. The molecule has 0 bridgehead atoms. The van der Waals surface area contributed by atoms with Crippen molar-refractivity contribution >= 4 is 17.3 Å². The summed E-state index contributed by atoms with van der Waals surface area (Å²) in [5.74, 6) is -1.12. The molecule has 0 aliphatic rings. The number of carbonyl (C=O) groups is 1. The number of nitrogens with one attached hydrogen (secondary N) is 1. The van der Waals surface area contributed by atoms with Crippen molar-refractivity contribution in [3.8, 4) is 0 Å². The van der Waals surface area contributed by atoms with Gasteiger partial charge in [0.05, 0.1) is 16.8 Å². The first-order valence-corrected chi connectivity index (χ1v) is 7.00. The first-order valence-electron chi connectivity index (χ1n) is 7.00. The van der Waals surface area contributed by atoms with Crippen LogP contribution in [0.3, 0.4) is 0 Å². The summed E-state index contributed by atoms with van der Waals surface area (Å²) in [5.41, 5.74) is 0.460. The maximum atomic E-state index is 12.8. The minimum absolute atomic E-state index is 0.0163. The molecule has 3 nitrogen and oxygen atoms in total. The monoisotopic (exact) mass is 323 g/mol. The lowest BCUT2D eigenvalue weighted by Crippen LogP contribution is -2.08. The molecule has 0 saturated heterocycles. The fourth-order valence-corrected chi connectivity index (χ4v) is 2.29. The van der Waals surface area contributed by atoms with E-state index in [4.69, 9.17) is 0 Å². The lowest BCUT2D eigenvalue weighted by molar-refractivity contribution is -0.137. The Morgan fingerprint density at radius 1 is 1.13 bits per heavy atom. The molecule has 0 aliphatic carbocycles. The van der Waals surface area contributed by atoms with Gasteiger partial charge >= 0.3 is 12.1 Å². The topological polar surface area (TPSA) is 49.3 Å². The van der Waals surface area contributed by atoms with Crippen molar-refractivity contribution in [2.24, 2.45) is 0 Å². The van der Waals surface area contributed by atoms with Crippen LogP contribution in [0.25, 0.3) is 0 Å². The number of aromatic carboxylic acids is 1. The molecule has 0 spiro atoms. The lowest BCUT2D eigenvalue weighted by atomic mass is 9.97. The van der Waals surface area contributed by atoms with Crippen molar-refractivity contribution in [2.45, 2.75) is 25.9 Å². The molecule has 0 radical (unpaired) electrons. The molecule has 0 aliphatic heterocycles. The predicted octanol–water partition coefficient (Wildman–Crippen LogP) is 5.27. The number of hydrogen-bond acceptors (Lipinski definition) is 2. The van der Waals surface area contributed by atoms with Crippen molar-refractivity contribution in [3.63, 3.8) is 0 Å². The van der Waals surface area contributed by atoms with Crippen LogP contribution in [0.1, 0.15) is 41.3 Å². The molecule has 0 amide bonds. The molecule has 23 heavy (non-hydrogen) atoms. The van der Waals surface area contributed by atoms with Gasteiger partial charge in [-0.25, -0.2) is 4.79 Å². The van der Waals surface area contributed by atoms with E-state index < -0.39 is 17.7 Å². The number of para-hydroxylation sites is 1. The average Bonchev–Trinajstić information content (AvgIpc) is 2.46. The molecule has 2 aromatic rings. The Morgan fingerprint density at radius 3 is 2.35 bits per heavy atom. The van der Waals surface area contributed by atoms with E-state index in [9.17, 15) is 23.1 Å². The number of anilines is 2. The lowest BCUT2D eigenvalue weighted by Gasteiger charge is -2.18. The van der Waals surface area contributed by atoms with Crippen LogP contribution in [0.5, 0.6) is 0 Å². The third-order valence-corrected chi connectivity index (χ3v) is 3.41. The summed E-state index contributed by atoms with van der Waals surface area (Å²) in [5, 5.41) is 12.1. The summed E-state index contributed by atoms with van der Waals surface area (Å²) >= 11 is 0. The Bertz CT molecular complexity index is 724. The molecular formula is C17H16F3NO2. The number of rotatable bonds is 4. The van der Waals surface area contributed by atoms with E-state index in [-0.39, 0.29) is 17.2 Å². The van der Waals surface area contributed by atoms with E-state index in [0.717, 1.165) is 17.7 Å². The maximum Gasteiger partial charge on any atom is 0.416 e. The van der Waals surface area contributed by atoms with E-state index in [1.165, 1.54) is 18.2 Å². The van der Waals surface area contributed by atoms with Crippen molar-refractivity contribution in [3.05, 3.63) is 59.2 Å². The van der Waals surface area contributed by atoms with Gasteiger partial charge in [0.2, 0.25) is 0 Å². The van der Waals surface area contributed by atoms with Gasteiger partial charge in [-0.1, -0.05) is 32.0 Å². The molecule has 0 heterocycles. The molecule has 0 saturated carbocycles. The molecule has 0 fully saturated rings. The summed E-state index contributed by atoms with van der Waals surface area (Å²) in [4.78, 5) is 11.4. The van der Waals surface area contributed by atoms with Crippen LogP contribution in [0.15, 0.2) is 42.5 Å². The maximum absolute atomic E-state index is 12.8. The molecule has 122 valence electrons. The van der Waals surface area contributed by atoms with Gasteiger partial charge in [-0.3, -0.25) is 0 Å². The third-order valence-electron chi connectivity index (χ3n) is 3.41. The highest BCUT2D eigenvalue weighted by molar-refractivity contribution is 5.96. The molecule has 2 rings (SSSR count). The quantitative estimate of drug-likeness (QED) is 0.806. The molecule has 6 heteroatoms. The summed E-state index contributed by atoms with van der Waals surface area (Å²) in [6, 6.07) is 9.48.